The van der Waals surface area contributed by atoms with Crippen LogP contribution in [0.4, 0.5) is 11.9 Å². The molecule has 37 heavy (non-hydrogen) atoms. The molecule has 4 heterocycles. The molecule has 0 bridgehead atoms. The number of aromatic amines is 1. The fourth-order valence-corrected chi connectivity index (χ4v) is 4.54. The highest BCUT2D eigenvalue weighted by atomic mass is 31.2. The molecule has 3 aromatic heterocycles. The van der Waals surface area contributed by atoms with E-state index in [-0.39, 0.29) is 36.1 Å². The van der Waals surface area contributed by atoms with Gasteiger partial charge in [0.05, 0.1) is 25.6 Å². The van der Waals surface area contributed by atoms with Crippen molar-refractivity contribution < 1.29 is 33.1 Å². The van der Waals surface area contributed by atoms with E-state index in [1.807, 2.05) is 0 Å². The van der Waals surface area contributed by atoms with Crippen LogP contribution in [0.15, 0.2) is 22.2 Å². The first kappa shape index (κ1) is 26.8. The number of aliphatic hydroxyl groups is 1. The molecule has 0 amide bonds. The van der Waals surface area contributed by atoms with Crippen molar-refractivity contribution in [1.82, 2.24) is 34.1 Å². The summed E-state index contributed by atoms with van der Waals surface area (Å²) in [4.78, 5) is 51.8. The van der Waals surface area contributed by atoms with Gasteiger partial charge in [0.2, 0.25) is 11.9 Å². The monoisotopic (exact) mass is 543 g/mol. The highest BCUT2D eigenvalue weighted by molar-refractivity contribution is 7.47. The molecule has 202 valence electrons. The second kappa shape index (κ2) is 11.0. The molecule has 7 N–H and O–H groups in total. The lowest BCUT2D eigenvalue weighted by molar-refractivity contribution is -0.172. The zero-order valence-corrected chi connectivity index (χ0v) is 20.4. The molecule has 5 atom stereocenters. The molecule has 0 aliphatic carbocycles. The Labute approximate surface area is 207 Å². The fourth-order valence-electron chi connectivity index (χ4n) is 3.71. The van der Waals surface area contributed by atoms with Gasteiger partial charge in [-0.15, -0.1) is 0 Å². The van der Waals surface area contributed by atoms with Crippen molar-refractivity contribution in [1.29, 1.82) is 0 Å². The fraction of sp³-hybridized carbons (Fsp3) is 0.556. The van der Waals surface area contributed by atoms with Gasteiger partial charge >= 0.3 is 13.5 Å². The minimum Gasteiger partial charge on any atom is -0.391 e. The first-order valence-electron chi connectivity index (χ1n) is 11.1. The number of aromatic nitrogens is 7. The smallest absolute Gasteiger partial charge is 0.391 e. The first-order valence-corrected chi connectivity index (χ1v) is 12.6. The number of H-pyrrole nitrogens is 1. The van der Waals surface area contributed by atoms with Gasteiger partial charge < -0.3 is 30.9 Å². The van der Waals surface area contributed by atoms with E-state index in [1.165, 1.54) is 17.2 Å². The number of hydrogen-bond acceptors (Lipinski definition) is 14. The number of phosphoric ester groups is 1. The molecule has 1 saturated heterocycles. The van der Waals surface area contributed by atoms with Crippen LogP contribution in [-0.2, 0) is 23.1 Å². The number of phosphoric acid groups is 1. The standard InChI is InChI=1S/C18H26N9O9P/c1-2-10(26-7-21-13-14(26)23-17(20)24-15(13)29)35-12(5-28)36-37(31,32)33-6-9-3-4-11(34-9)27-8-22-16(19)25-18(27)30/h7-12,28H,2-6H2,1H3,(H,31,32)(H2,19,25,30)(H3,20,23,24,29)/t9-,10+,11+,12-/m0/s1. The van der Waals surface area contributed by atoms with E-state index < -0.39 is 50.5 Å². The summed E-state index contributed by atoms with van der Waals surface area (Å²) in [6, 6.07) is 0. The van der Waals surface area contributed by atoms with Crippen LogP contribution in [0.3, 0.4) is 0 Å². The third kappa shape index (κ3) is 6.19. The average molecular weight is 543 g/mol. The molecule has 1 unspecified atom stereocenters. The predicted molar refractivity (Wildman–Crippen MR) is 125 cm³/mol. The maximum atomic E-state index is 12.5. The summed E-state index contributed by atoms with van der Waals surface area (Å²) in [7, 11) is -4.72. The highest BCUT2D eigenvalue weighted by Gasteiger charge is 2.34. The van der Waals surface area contributed by atoms with Crippen LogP contribution in [0.1, 0.15) is 38.6 Å². The second-order valence-electron chi connectivity index (χ2n) is 7.95. The summed E-state index contributed by atoms with van der Waals surface area (Å²) < 4.78 is 36.4. The third-order valence-corrected chi connectivity index (χ3v) is 6.36. The zero-order chi connectivity index (χ0) is 26.7. The SMILES string of the molecule is CC[C@@H](O[C@H](CO)OP(=O)(O)OC[C@@H]1CC[C@H](n2cnc(N)nc2=O)O1)n1cnc2c(=O)[nH]c(N)nc21. The molecule has 1 aliphatic heterocycles. The summed E-state index contributed by atoms with van der Waals surface area (Å²) in [5, 5.41) is 9.69. The van der Waals surface area contributed by atoms with Crippen LogP contribution < -0.4 is 22.7 Å². The third-order valence-electron chi connectivity index (χ3n) is 5.38. The Morgan fingerprint density at radius 1 is 1.27 bits per heavy atom. The van der Waals surface area contributed by atoms with Crippen molar-refractivity contribution in [2.45, 2.75) is 51.0 Å². The van der Waals surface area contributed by atoms with Crippen LogP contribution in [0.25, 0.3) is 11.2 Å². The Kier molecular flexibility index (Phi) is 7.98. The quantitative estimate of drug-likeness (QED) is 0.143. The minimum atomic E-state index is -4.72. The lowest BCUT2D eigenvalue weighted by Crippen LogP contribution is -2.29. The van der Waals surface area contributed by atoms with E-state index in [2.05, 4.69) is 24.9 Å². The number of nitrogens with two attached hydrogens (primary N) is 2. The van der Waals surface area contributed by atoms with Crippen molar-refractivity contribution in [3.8, 4) is 0 Å². The number of ether oxygens (including phenoxy) is 2. The number of imidazole rings is 1. The Balaban J connectivity index is 1.36. The van der Waals surface area contributed by atoms with Crippen LogP contribution in [-0.4, -0.2) is 69.7 Å². The lowest BCUT2D eigenvalue weighted by Gasteiger charge is -2.25. The average Bonchev–Trinajstić information content (AvgIpc) is 3.48. The predicted octanol–water partition coefficient (Wildman–Crippen LogP) is -1.01. The Bertz CT molecular complexity index is 1410. The van der Waals surface area contributed by atoms with Gasteiger partial charge in [0.15, 0.2) is 17.5 Å². The Morgan fingerprint density at radius 3 is 2.76 bits per heavy atom. The molecule has 0 radical (unpaired) electrons. The van der Waals surface area contributed by atoms with E-state index in [0.717, 1.165) is 4.57 Å². The summed E-state index contributed by atoms with van der Waals surface area (Å²) in [6.45, 7) is 0.583. The van der Waals surface area contributed by atoms with Gasteiger partial charge in [0.1, 0.15) is 18.8 Å². The van der Waals surface area contributed by atoms with Crippen molar-refractivity contribution in [3.63, 3.8) is 0 Å². The molecular formula is C18H26N9O9P. The largest absolute Gasteiger partial charge is 0.474 e. The topological polar surface area (TPSA) is 258 Å². The van der Waals surface area contributed by atoms with Gasteiger partial charge in [-0.1, -0.05) is 6.92 Å². The van der Waals surface area contributed by atoms with Gasteiger partial charge in [0, 0.05) is 0 Å². The van der Waals surface area contributed by atoms with E-state index >= 15 is 0 Å². The van der Waals surface area contributed by atoms with Gasteiger partial charge in [-0.25, -0.2) is 19.3 Å². The zero-order valence-electron chi connectivity index (χ0n) is 19.5. The molecule has 0 spiro atoms. The summed E-state index contributed by atoms with van der Waals surface area (Å²) in [5.74, 6) is -0.304. The normalized spacial score (nSPS) is 21.2. The van der Waals surface area contributed by atoms with E-state index in [9.17, 15) is 24.2 Å². The van der Waals surface area contributed by atoms with Gasteiger partial charge in [-0.05, 0) is 19.3 Å². The molecule has 18 nitrogen and oxygen atoms in total. The van der Waals surface area contributed by atoms with Crippen molar-refractivity contribution in [3.05, 3.63) is 33.5 Å². The second-order valence-corrected chi connectivity index (χ2v) is 9.36. The molecule has 0 saturated carbocycles. The minimum absolute atomic E-state index is 0.0107. The maximum absolute atomic E-state index is 12.5. The van der Waals surface area contributed by atoms with Gasteiger partial charge in [-0.3, -0.25) is 28.0 Å². The lowest BCUT2D eigenvalue weighted by atomic mass is 10.2. The van der Waals surface area contributed by atoms with Gasteiger partial charge in [0.25, 0.3) is 5.56 Å². The molecule has 4 rings (SSSR count). The van der Waals surface area contributed by atoms with Gasteiger partial charge in [-0.2, -0.15) is 9.97 Å². The number of nitrogens with one attached hydrogen (secondary N) is 1. The van der Waals surface area contributed by atoms with Crippen molar-refractivity contribution in [2.24, 2.45) is 0 Å². The number of rotatable bonds is 11. The van der Waals surface area contributed by atoms with E-state index in [4.69, 9.17) is 30.0 Å². The molecule has 1 fully saturated rings. The van der Waals surface area contributed by atoms with Crippen LogP contribution in [0.2, 0.25) is 0 Å². The summed E-state index contributed by atoms with van der Waals surface area (Å²) >= 11 is 0. The maximum Gasteiger partial charge on any atom is 0.474 e. The summed E-state index contributed by atoms with van der Waals surface area (Å²) in [5.41, 5.74) is 9.92. The first-order chi connectivity index (χ1) is 17.6. The number of aliphatic hydroxyl groups excluding tert-OH is 1. The van der Waals surface area contributed by atoms with Crippen molar-refractivity contribution >= 4 is 30.9 Å². The van der Waals surface area contributed by atoms with E-state index in [0.29, 0.717) is 12.8 Å². The molecular weight excluding hydrogens is 517 g/mol. The number of hydrogen-bond donors (Lipinski definition) is 5. The molecule has 0 aromatic carbocycles. The highest BCUT2D eigenvalue weighted by Crippen LogP contribution is 2.46. The number of nitrogens with zero attached hydrogens (tertiary/aromatic N) is 6. The summed E-state index contributed by atoms with van der Waals surface area (Å²) in [6.07, 6.45) is -0.231. The Morgan fingerprint density at radius 2 is 2.05 bits per heavy atom. The molecule has 19 heteroatoms. The van der Waals surface area contributed by atoms with Crippen molar-refractivity contribution in [2.75, 3.05) is 24.7 Å². The Hall–Kier alpha value is -3.25. The molecule has 3 aromatic rings. The number of nitrogen functional groups attached to an aromatic ring is 2. The van der Waals surface area contributed by atoms with Crippen LogP contribution in [0, 0.1) is 0 Å². The molecule has 1 aliphatic rings. The van der Waals surface area contributed by atoms with Crippen LogP contribution >= 0.6 is 7.82 Å². The van der Waals surface area contributed by atoms with Crippen LogP contribution in [0.5, 0.6) is 0 Å². The number of anilines is 2. The number of fused-ring (bicyclic) bond motifs is 1. The van der Waals surface area contributed by atoms with E-state index in [1.54, 1.807) is 6.92 Å².